The summed E-state index contributed by atoms with van der Waals surface area (Å²) >= 11 is 0. The van der Waals surface area contributed by atoms with Crippen LogP contribution in [0.3, 0.4) is 0 Å². The highest BCUT2D eigenvalue weighted by Gasteiger charge is 2.55. The minimum absolute atomic E-state index is 0.341. The quantitative estimate of drug-likeness (QED) is 0.476. The Morgan fingerprint density at radius 1 is 0.793 bits per heavy atom. The molecule has 0 radical (unpaired) electrons. The molecule has 1 aliphatic rings. The van der Waals surface area contributed by atoms with Crippen LogP contribution in [0.1, 0.15) is 61.3 Å². The second-order valence-corrected chi connectivity index (χ2v) is 9.61. The third-order valence-electron chi connectivity index (χ3n) is 4.79. The predicted octanol–water partition coefficient (Wildman–Crippen LogP) is 1.84. The number of carbonyl (C=O) groups excluding carboxylic acids is 2. The number of carbonyl (C=O) groups is 2. The summed E-state index contributed by atoms with van der Waals surface area (Å²) < 4.78 is 22.5. The van der Waals surface area contributed by atoms with E-state index in [-0.39, 0.29) is 0 Å². The molecule has 0 spiro atoms. The first-order valence-corrected chi connectivity index (χ1v) is 10.2. The Bertz CT molecular complexity index is 548. The zero-order valence-electron chi connectivity index (χ0n) is 18.9. The second-order valence-electron chi connectivity index (χ2n) is 9.61. The van der Waals surface area contributed by atoms with Gasteiger partial charge in [0.25, 0.3) is 0 Å². The number of hydrogen-bond acceptors (Lipinski definition) is 8. The van der Waals surface area contributed by atoms with Crippen LogP contribution in [0.25, 0.3) is 0 Å². The molecular weight excluding hydrogens is 380 g/mol. The van der Waals surface area contributed by atoms with Crippen LogP contribution in [0.15, 0.2) is 0 Å². The molecule has 0 saturated heterocycles. The fourth-order valence-electron chi connectivity index (χ4n) is 2.85. The Balaban J connectivity index is 3.21. The Hall–Kier alpha value is -1.22. The molecule has 0 aromatic heterocycles. The largest absolute Gasteiger partial charge is 0.456 e. The minimum Gasteiger partial charge on any atom is -0.456 e. The van der Waals surface area contributed by atoms with Gasteiger partial charge in [-0.05, 0) is 48.0 Å². The van der Waals surface area contributed by atoms with Gasteiger partial charge in [-0.2, -0.15) is 0 Å². The van der Waals surface area contributed by atoms with Crippen LogP contribution in [0.2, 0.25) is 0 Å². The number of methoxy groups -OCH3 is 1. The van der Waals surface area contributed by atoms with Gasteiger partial charge in [0.1, 0.15) is 24.4 Å². The van der Waals surface area contributed by atoms with Crippen molar-refractivity contribution >= 4 is 11.9 Å². The summed E-state index contributed by atoms with van der Waals surface area (Å²) in [6, 6.07) is 0. The van der Waals surface area contributed by atoms with E-state index in [2.05, 4.69) is 0 Å². The van der Waals surface area contributed by atoms with Gasteiger partial charge < -0.3 is 29.2 Å². The molecule has 0 bridgehead atoms. The lowest BCUT2D eigenvalue weighted by molar-refractivity contribution is -0.258. The molecule has 8 nitrogen and oxygen atoms in total. The van der Waals surface area contributed by atoms with Gasteiger partial charge in [-0.25, -0.2) is 0 Å². The monoisotopic (exact) mass is 418 g/mol. The van der Waals surface area contributed by atoms with E-state index >= 15 is 0 Å². The number of aliphatic hydroxyl groups excluding tert-OH is 2. The third kappa shape index (κ3) is 6.64. The highest BCUT2D eigenvalue weighted by molar-refractivity contribution is 5.76. The summed E-state index contributed by atoms with van der Waals surface area (Å²) in [5.41, 5.74) is -1.62. The summed E-state index contributed by atoms with van der Waals surface area (Å²) in [7, 11) is 1.39. The summed E-state index contributed by atoms with van der Waals surface area (Å²) in [4.78, 5) is 24.9. The number of hydrogen-bond donors (Lipinski definition) is 2. The summed E-state index contributed by atoms with van der Waals surface area (Å²) in [5, 5.41) is 21.4. The summed E-state index contributed by atoms with van der Waals surface area (Å²) in [6.07, 6.45) is -5.54. The zero-order valence-corrected chi connectivity index (χ0v) is 18.9. The van der Waals surface area contributed by atoms with Gasteiger partial charge >= 0.3 is 11.9 Å². The van der Waals surface area contributed by atoms with Crippen LogP contribution in [-0.4, -0.2) is 72.5 Å². The van der Waals surface area contributed by atoms with Crippen molar-refractivity contribution in [3.05, 3.63) is 0 Å². The maximum absolute atomic E-state index is 12.4. The van der Waals surface area contributed by atoms with Crippen LogP contribution < -0.4 is 0 Å². The Morgan fingerprint density at radius 2 is 1.21 bits per heavy atom. The SMILES string of the molecule is CCCCOC1C(OC(=O)C(C)(C)C)C(O)C(O)C(OC(=O)C(C)(C)C)C1OC. The smallest absolute Gasteiger partial charge is 0.311 e. The van der Waals surface area contributed by atoms with Crippen molar-refractivity contribution in [1.29, 1.82) is 0 Å². The lowest BCUT2D eigenvalue weighted by Gasteiger charge is -2.46. The van der Waals surface area contributed by atoms with Gasteiger partial charge in [-0.15, -0.1) is 0 Å². The van der Waals surface area contributed by atoms with E-state index in [4.69, 9.17) is 18.9 Å². The van der Waals surface area contributed by atoms with Gasteiger partial charge in [-0.1, -0.05) is 13.3 Å². The lowest BCUT2D eigenvalue weighted by atomic mass is 9.83. The lowest BCUT2D eigenvalue weighted by Crippen LogP contribution is -2.67. The molecular formula is C21H38O8. The van der Waals surface area contributed by atoms with E-state index < -0.39 is 59.4 Å². The standard InChI is InChI=1S/C21H38O8/c1-9-10-11-27-17-15(29-19(25)21(5,6)7)13(23)12(22)14(16(17)26-8)28-18(24)20(2,3)4/h12-17,22-23H,9-11H2,1-8H3. The van der Waals surface area contributed by atoms with Crippen molar-refractivity contribution in [2.45, 2.75) is 97.9 Å². The summed E-state index contributed by atoms with van der Waals surface area (Å²) in [6.45, 7) is 12.5. The molecule has 29 heavy (non-hydrogen) atoms. The molecule has 2 N–H and O–H groups in total. The summed E-state index contributed by atoms with van der Waals surface area (Å²) in [5.74, 6) is -1.09. The van der Waals surface area contributed by atoms with Crippen LogP contribution in [-0.2, 0) is 28.5 Å². The fraction of sp³-hybridized carbons (Fsp3) is 0.905. The van der Waals surface area contributed by atoms with Gasteiger partial charge in [0.2, 0.25) is 0 Å². The third-order valence-corrected chi connectivity index (χ3v) is 4.79. The van der Waals surface area contributed by atoms with Crippen molar-refractivity contribution < 1.29 is 38.7 Å². The fourth-order valence-corrected chi connectivity index (χ4v) is 2.85. The van der Waals surface area contributed by atoms with Gasteiger partial charge in [0.15, 0.2) is 12.2 Å². The number of rotatable bonds is 7. The molecule has 1 rings (SSSR count). The maximum atomic E-state index is 12.4. The number of esters is 2. The van der Waals surface area contributed by atoms with Gasteiger partial charge in [-0.3, -0.25) is 9.59 Å². The van der Waals surface area contributed by atoms with Gasteiger partial charge in [0, 0.05) is 13.7 Å². The second kappa shape index (κ2) is 10.2. The average molecular weight is 419 g/mol. The molecule has 0 aliphatic heterocycles. The topological polar surface area (TPSA) is 112 Å². The first-order chi connectivity index (χ1) is 13.3. The van der Waals surface area contributed by atoms with Crippen molar-refractivity contribution in [1.82, 2.24) is 0 Å². The van der Waals surface area contributed by atoms with E-state index in [0.717, 1.165) is 12.8 Å². The predicted molar refractivity (Wildman–Crippen MR) is 106 cm³/mol. The molecule has 6 atom stereocenters. The molecule has 0 heterocycles. The van der Waals surface area contributed by atoms with Crippen LogP contribution in [0.5, 0.6) is 0 Å². The maximum Gasteiger partial charge on any atom is 0.311 e. The van der Waals surface area contributed by atoms with E-state index in [0.29, 0.717) is 6.61 Å². The molecule has 1 fully saturated rings. The first kappa shape index (κ1) is 25.8. The van der Waals surface area contributed by atoms with E-state index in [9.17, 15) is 19.8 Å². The number of aliphatic hydroxyl groups is 2. The molecule has 0 aromatic carbocycles. The van der Waals surface area contributed by atoms with Crippen molar-refractivity contribution in [3.63, 3.8) is 0 Å². The molecule has 0 amide bonds. The molecule has 0 aromatic rings. The molecule has 8 heteroatoms. The Morgan fingerprint density at radius 3 is 1.55 bits per heavy atom. The van der Waals surface area contributed by atoms with Gasteiger partial charge in [0.05, 0.1) is 10.8 Å². The molecule has 1 aliphatic carbocycles. The van der Waals surface area contributed by atoms with Crippen molar-refractivity contribution in [2.75, 3.05) is 13.7 Å². The first-order valence-electron chi connectivity index (χ1n) is 10.2. The van der Waals surface area contributed by atoms with Crippen LogP contribution in [0, 0.1) is 10.8 Å². The van der Waals surface area contributed by atoms with Crippen LogP contribution >= 0.6 is 0 Å². The molecule has 170 valence electrons. The number of unbranched alkanes of at least 4 members (excludes halogenated alkanes) is 1. The zero-order chi connectivity index (χ0) is 22.6. The highest BCUT2D eigenvalue weighted by Crippen LogP contribution is 2.33. The minimum atomic E-state index is -1.50. The van der Waals surface area contributed by atoms with Crippen molar-refractivity contribution in [3.8, 4) is 0 Å². The molecule has 1 saturated carbocycles. The van der Waals surface area contributed by atoms with E-state index in [1.807, 2.05) is 6.92 Å². The average Bonchev–Trinajstić information content (AvgIpc) is 2.60. The Labute approximate surface area is 173 Å². The van der Waals surface area contributed by atoms with Crippen LogP contribution in [0.4, 0.5) is 0 Å². The van der Waals surface area contributed by atoms with E-state index in [1.54, 1.807) is 41.5 Å². The number of ether oxygens (including phenoxy) is 4. The molecule has 6 unspecified atom stereocenters. The normalized spacial score (nSPS) is 30.7. The Kier molecular flexibility index (Phi) is 9.08. The highest BCUT2D eigenvalue weighted by atomic mass is 16.6. The van der Waals surface area contributed by atoms with E-state index in [1.165, 1.54) is 7.11 Å². The van der Waals surface area contributed by atoms with Crippen molar-refractivity contribution in [2.24, 2.45) is 10.8 Å².